The Hall–Kier alpha value is -3.30. The van der Waals surface area contributed by atoms with Crippen LogP contribution in [0, 0.1) is 6.92 Å². The predicted octanol–water partition coefficient (Wildman–Crippen LogP) is 3.63. The number of benzene rings is 3. The number of aryl methyl sites for hydroxylation is 1. The van der Waals surface area contributed by atoms with Crippen molar-refractivity contribution in [2.45, 2.75) is 16.7 Å². The van der Waals surface area contributed by atoms with Crippen molar-refractivity contribution in [1.82, 2.24) is 0 Å². The number of sulfonamides is 1. The first-order valence-electron chi connectivity index (χ1n) is 9.25. The van der Waals surface area contributed by atoms with Gasteiger partial charge in [0, 0.05) is 21.8 Å². The summed E-state index contributed by atoms with van der Waals surface area (Å²) in [5.74, 6) is -0.564. The zero-order chi connectivity index (χ0) is 22.4. The number of anilines is 2. The predicted molar refractivity (Wildman–Crippen MR) is 123 cm³/mol. The minimum Gasteiger partial charge on any atom is -0.366 e. The van der Waals surface area contributed by atoms with Gasteiger partial charge in [0.25, 0.3) is 10.0 Å². The van der Waals surface area contributed by atoms with Gasteiger partial charge in [-0.15, -0.1) is 11.8 Å². The van der Waals surface area contributed by atoms with Crippen LogP contribution < -0.4 is 15.8 Å². The Labute approximate surface area is 185 Å². The van der Waals surface area contributed by atoms with Crippen molar-refractivity contribution >= 4 is 45.0 Å². The minimum absolute atomic E-state index is 0.173. The Balaban J connectivity index is 1.53. The van der Waals surface area contributed by atoms with Gasteiger partial charge >= 0.3 is 0 Å². The first kappa shape index (κ1) is 22.4. The lowest BCUT2D eigenvalue weighted by molar-refractivity contribution is -0.113. The van der Waals surface area contributed by atoms with Crippen LogP contribution in [0.15, 0.2) is 82.6 Å². The lowest BCUT2D eigenvalue weighted by Crippen LogP contribution is -2.15. The molecule has 0 aliphatic heterocycles. The molecule has 160 valence electrons. The van der Waals surface area contributed by atoms with E-state index in [9.17, 15) is 18.0 Å². The highest BCUT2D eigenvalue weighted by Gasteiger charge is 2.14. The molecule has 0 atom stereocenters. The molecule has 0 saturated carbocycles. The molecule has 0 unspecified atom stereocenters. The Morgan fingerprint density at radius 3 is 2.03 bits per heavy atom. The summed E-state index contributed by atoms with van der Waals surface area (Å²) in [6.07, 6.45) is 0. The normalized spacial score (nSPS) is 11.0. The number of nitrogens with two attached hydrogens (primary N) is 1. The van der Waals surface area contributed by atoms with Crippen LogP contribution in [0.25, 0.3) is 0 Å². The maximum atomic E-state index is 12.4. The van der Waals surface area contributed by atoms with Crippen LogP contribution >= 0.6 is 11.8 Å². The summed E-state index contributed by atoms with van der Waals surface area (Å²) in [5, 5.41) is 2.74. The van der Waals surface area contributed by atoms with E-state index in [-0.39, 0.29) is 16.6 Å². The van der Waals surface area contributed by atoms with Crippen LogP contribution in [-0.2, 0) is 14.8 Å². The quantitative estimate of drug-likeness (QED) is 0.448. The smallest absolute Gasteiger partial charge is 0.261 e. The first-order valence-corrected chi connectivity index (χ1v) is 11.7. The van der Waals surface area contributed by atoms with Gasteiger partial charge in [-0.1, -0.05) is 17.7 Å². The van der Waals surface area contributed by atoms with Crippen LogP contribution in [-0.4, -0.2) is 26.0 Å². The molecule has 0 radical (unpaired) electrons. The fraction of sp³-hybridized carbons (Fsp3) is 0.0909. The third kappa shape index (κ3) is 6.34. The Bertz CT molecular complexity index is 1170. The van der Waals surface area contributed by atoms with Gasteiger partial charge in [0.2, 0.25) is 11.8 Å². The van der Waals surface area contributed by atoms with E-state index in [2.05, 4.69) is 10.0 Å². The SMILES string of the molecule is Cc1ccc(S(=O)(=O)Nc2ccc(SCC(=O)Nc3ccc(C(N)=O)cc3)cc2)cc1. The second-order valence-electron chi connectivity index (χ2n) is 6.72. The van der Waals surface area contributed by atoms with Gasteiger partial charge in [0.05, 0.1) is 10.6 Å². The Morgan fingerprint density at radius 2 is 1.45 bits per heavy atom. The Kier molecular flexibility index (Phi) is 6.98. The summed E-state index contributed by atoms with van der Waals surface area (Å²) in [7, 11) is -3.66. The fourth-order valence-corrected chi connectivity index (χ4v) is 4.37. The van der Waals surface area contributed by atoms with E-state index in [4.69, 9.17) is 5.73 Å². The summed E-state index contributed by atoms with van der Waals surface area (Å²) < 4.78 is 27.4. The lowest BCUT2D eigenvalue weighted by atomic mass is 10.2. The van der Waals surface area contributed by atoms with Crippen molar-refractivity contribution in [3.05, 3.63) is 83.9 Å². The number of hydrogen-bond acceptors (Lipinski definition) is 5. The first-order chi connectivity index (χ1) is 14.7. The minimum atomic E-state index is -3.66. The molecule has 3 aromatic carbocycles. The number of primary amides is 1. The molecule has 7 nitrogen and oxygen atoms in total. The molecule has 31 heavy (non-hydrogen) atoms. The standard InChI is InChI=1S/C22H21N3O4S2/c1-15-2-12-20(13-3-15)31(28,29)25-18-8-10-19(11-9-18)30-14-21(26)24-17-6-4-16(5-7-17)22(23)27/h2-13,25H,14H2,1H3,(H2,23,27)(H,24,26). The van der Waals surface area contributed by atoms with Crippen LogP contribution in [0.1, 0.15) is 15.9 Å². The van der Waals surface area contributed by atoms with E-state index < -0.39 is 15.9 Å². The van der Waals surface area contributed by atoms with Crippen molar-refractivity contribution in [3.8, 4) is 0 Å². The molecule has 0 bridgehead atoms. The van der Waals surface area contributed by atoms with Gasteiger partial charge in [-0.05, 0) is 67.6 Å². The van der Waals surface area contributed by atoms with Crippen LogP contribution in [0.4, 0.5) is 11.4 Å². The molecule has 0 fully saturated rings. The van der Waals surface area contributed by atoms with E-state index in [1.54, 1.807) is 72.8 Å². The maximum Gasteiger partial charge on any atom is 0.261 e. The highest BCUT2D eigenvalue weighted by molar-refractivity contribution is 8.00. The summed E-state index contributed by atoms with van der Waals surface area (Å²) in [6.45, 7) is 1.89. The largest absolute Gasteiger partial charge is 0.366 e. The van der Waals surface area contributed by atoms with E-state index >= 15 is 0 Å². The van der Waals surface area contributed by atoms with Gasteiger partial charge in [-0.3, -0.25) is 14.3 Å². The van der Waals surface area contributed by atoms with Crippen molar-refractivity contribution < 1.29 is 18.0 Å². The molecule has 9 heteroatoms. The molecule has 4 N–H and O–H groups in total. The average molecular weight is 456 g/mol. The van der Waals surface area contributed by atoms with E-state index in [1.807, 2.05) is 6.92 Å². The fourth-order valence-electron chi connectivity index (χ4n) is 2.61. The highest BCUT2D eigenvalue weighted by atomic mass is 32.2. The summed E-state index contributed by atoms with van der Waals surface area (Å²) in [5.41, 5.74) is 7.53. The third-order valence-corrected chi connectivity index (χ3v) is 6.67. The second kappa shape index (κ2) is 9.67. The van der Waals surface area contributed by atoms with Crippen LogP contribution in [0.3, 0.4) is 0 Å². The van der Waals surface area contributed by atoms with Crippen molar-refractivity contribution in [3.63, 3.8) is 0 Å². The van der Waals surface area contributed by atoms with Crippen molar-refractivity contribution in [2.75, 3.05) is 15.8 Å². The number of hydrogen-bond donors (Lipinski definition) is 3. The average Bonchev–Trinajstić information content (AvgIpc) is 2.74. The number of thioether (sulfide) groups is 1. The van der Waals surface area contributed by atoms with Crippen molar-refractivity contribution in [2.24, 2.45) is 5.73 Å². The van der Waals surface area contributed by atoms with Gasteiger partial charge in [0.15, 0.2) is 0 Å². The van der Waals surface area contributed by atoms with Gasteiger partial charge in [0.1, 0.15) is 0 Å². The summed E-state index contributed by atoms with van der Waals surface area (Å²) >= 11 is 1.32. The number of carbonyl (C=O) groups is 2. The van der Waals surface area contributed by atoms with Crippen molar-refractivity contribution in [1.29, 1.82) is 0 Å². The van der Waals surface area contributed by atoms with Gasteiger partial charge in [-0.25, -0.2) is 8.42 Å². The third-order valence-electron chi connectivity index (χ3n) is 4.26. The molecule has 0 saturated heterocycles. The number of amides is 2. The molecule has 0 spiro atoms. The molecular weight excluding hydrogens is 434 g/mol. The van der Waals surface area contributed by atoms with Crippen LogP contribution in [0.5, 0.6) is 0 Å². The molecule has 3 aromatic rings. The van der Waals surface area contributed by atoms with Gasteiger partial charge < -0.3 is 11.1 Å². The Morgan fingerprint density at radius 1 is 0.871 bits per heavy atom. The molecule has 0 aliphatic rings. The van der Waals surface area contributed by atoms with E-state index in [0.29, 0.717) is 16.9 Å². The van der Waals surface area contributed by atoms with E-state index in [1.165, 1.54) is 11.8 Å². The summed E-state index contributed by atoms with van der Waals surface area (Å²) in [4.78, 5) is 24.2. The van der Waals surface area contributed by atoms with Gasteiger partial charge in [-0.2, -0.15) is 0 Å². The number of rotatable bonds is 8. The molecule has 3 rings (SSSR count). The molecule has 0 aromatic heterocycles. The highest BCUT2D eigenvalue weighted by Crippen LogP contribution is 2.23. The topological polar surface area (TPSA) is 118 Å². The molecular formula is C22H21N3O4S2. The number of carbonyl (C=O) groups excluding carboxylic acids is 2. The maximum absolute atomic E-state index is 12.4. The number of nitrogens with one attached hydrogen (secondary N) is 2. The summed E-state index contributed by atoms with van der Waals surface area (Å²) in [6, 6.07) is 19.7. The van der Waals surface area contributed by atoms with Crippen LogP contribution in [0.2, 0.25) is 0 Å². The monoisotopic (exact) mass is 455 g/mol. The van der Waals surface area contributed by atoms with E-state index in [0.717, 1.165) is 10.5 Å². The lowest BCUT2D eigenvalue weighted by Gasteiger charge is -2.09. The molecule has 0 aliphatic carbocycles. The molecule has 2 amide bonds. The molecule has 0 heterocycles. The second-order valence-corrected chi connectivity index (χ2v) is 9.45. The zero-order valence-corrected chi connectivity index (χ0v) is 18.3. The zero-order valence-electron chi connectivity index (χ0n) is 16.7.